The second-order valence-electron chi connectivity index (χ2n) is 2.04. The molecule has 0 unspecified atom stereocenters. The molecule has 0 amide bonds. The van der Waals surface area contributed by atoms with Gasteiger partial charge < -0.3 is 4.74 Å². The number of rotatable bonds is 2. The molecular formula is C6H10O. The van der Waals surface area contributed by atoms with Crippen molar-refractivity contribution in [3.63, 3.8) is 0 Å². The lowest BCUT2D eigenvalue weighted by Gasteiger charge is -2.02. The van der Waals surface area contributed by atoms with Crippen LogP contribution in [0.4, 0.5) is 0 Å². The summed E-state index contributed by atoms with van der Waals surface area (Å²) in [5, 5.41) is 0. The van der Waals surface area contributed by atoms with Crippen LogP contribution in [0.3, 0.4) is 0 Å². The highest BCUT2D eigenvalue weighted by atomic mass is 16.5. The fourth-order valence-electron chi connectivity index (χ4n) is 0.441. The molecule has 0 aromatic heterocycles. The fourth-order valence-corrected chi connectivity index (χ4v) is 0.441. The molecule has 1 rings (SSSR count). The number of allylic oxidation sites excluding steroid dienone is 2. The summed E-state index contributed by atoms with van der Waals surface area (Å²) in [7, 11) is 0. The summed E-state index contributed by atoms with van der Waals surface area (Å²) in [6.45, 7) is 4.08. The monoisotopic (exact) mass is 98.1 g/mol. The maximum Gasteiger partial charge on any atom is 0.0967 e. The Labute approximate surface area is 44.0 Å². The topological polar surface area (TPSA) is 9.23 Å². The predicted molar refractivity (Wildman–Crippen MR) is 28.9 cm³/mol. The van der Waals surface area contributed by atoms with E-state index in [2.05, 4.69) is 6.08 Å². The smallest absolute Gasteiger partial charge is 0.0967 e. The van der Waals surface area contributed by atoms with Gasteiger partial charge in [-0.2, -0.15) is 0 Å². The van der Waals surface area contributed by atoms with Gasteiger partial charge in [0.05, 0.1) is 11.9 Å². The van der Waals surface area contributed by atoms with Crippen LogP contribution >= 0.6 is 0 Å². The Balaban J connectivity index is 2.09. The Hall–Kier alpha value is -0.460. The van der Waals surface area contributed by atoms with Gasteiger partial charge in [-0.15, -0.1) is 0 Å². The lowest BCUT2D eigenvalue weighted by molar-refractivity contribution is 0.160. The number of ether oxygens (including phenoxy) is 1. The molecule has 0 aliphatic heterocycles. The van der Waals surface area contributed by atoms with Gasteiger partial charge in [-0.1, -0.05) is 0 Å². The third-order valence-electron chi connectivity index (χ3n) is 0.758. The minimum atomic E-state index is 0.369. The minimum Gasteiger partial charge on any atom is -0.495 e. The van der Waals surface area contributed by atoms with E-state index in [0.717, 1.165) is 12.2 Å². The Morgan fingerprint density at radius 1 is 1.71 bits per heavy atom. The molecule has 0 heterocycles. The van der Waals surface area contributed by atoms with E-state index < -0.39 is 0 Å². The van der Waals surface area contributed by atoms with E-state index in [1.807, 2.05) is 13.8 Å². The van der Waals surface area contributed by atoms with Gasteiger partial charge in [0.15, 0.2) is 0 Å². The molecule has 0 atom stereocenters. The van der Waals surface area contributed by atoms with E-state index in [9.17, 15) is 0 Å². The van der Waals surface area contributed by atoms with Crippen molar-refractivity contribution < 1.29 is 4.74 Å². The van der Waals surface area contributed by atoms with Crippen LogP contribution < -0.4 is 0 Å². The molecule has 1 heteroatoms. The standard InChI is InChI=1S/C6H10O/c1-5(2)7-6-3-4-6/h3,5H,4H2,1-2H3. The van der Waals surface area contributed by atoms with Crippen molar-refractivity contribution in [2.45, 2.75) is 26.4 Å². The second-order valence-corrected chi connectivity index (χ2v) is 2.04. The van der Waals surface area contributed by atoms with E-state index in [4.69, 9.17) is 4.74 Å². The SMILES string of the molecule is CC(C)OC1=CC1. The molecule has 0 bridgehead atoms. The third kappa shape index (κ3) is 1.62. The van der Waals surface area contributed by atoms with Crippen LogP contribution in [0.5, 0.6) is 0 Å². The highest BCUT2D eigenvalue weighted by Gasteiger charge is 2.08. The molecule has 0 saturated carbocycles. The number of hydrogen-bond donors (Lipinski definition) is 0. The van der Waals surface area contributed by atoms with Crippen molar-refractivity contribution in [3.8, 4) is 0 Å². The Kier molecular flexibility index (Phi) is 1.05. The first-order valence-corrected chi connectivity index (χ1v) is 2.65. The molecule has 1 nitrogen and oxygen atoms in total. The van der Waals surface area contributed by atoms with Crippen LogP contribution in [0.25, 0.3) is 0 Å². The first-order chi connectivity index (χ1) is 3.29. The molecule has 1 aliphatic carbocycles. The fraction of sp³-hybridized carbons (Fsp3) is 0.667. The quantitative estimate of drug-likeness (QED) is 0.510. The zero-order valence-corrected chi connectivity index (χ0v) is 4.77. The summed E-state index contributed by atoms with van der Waals surface area (Å²) >= 11 is 0. The first-order valence-electron chi connectivity index (χ1n) is 2.65. The van der Waals surface area contributed by atoms with Gasteiger partial charge in [0, 0.05) is 6.42 Å². The Morgan fingerprint density at radius 3 is 2.43 bits per heavy atom. The van der Waals surface area contributed by atoms with Crippen LogP contribution in [0.1, 0.15) is 20.3 Å². The van der Waals surface area contributed by atoms with Crippen LogP contribution in [-0.4, -0.2) is 6.10 Å². The van der Waals surface area contributed by atoms with Gasteiger partial charge in [0.2, 0.25) is 0 Å². The Morgan fingerprint density at radius 2 is 2.29 bits per heavy atom. The van der Waals surface area contributed by atoms with Gasteiger partial charge in [-0.3, -0.25) is 0 Å². The van der Waals surface area contributed by atoms with E-state index in [-0.39, 0.29) is 0 Å². The molecule has 40 valence electrons. The largest absolute Gasteiger partial charge is 0.495 e. The lowest BCUT2D eigenvalue weighted by atomic mass is 10.5. The summed E-state index contributed by atoms with van der Waals surface area (Å²) < 4.78 is 5.22. The molecule has 0 aromatic carbocycles. The van der Waals surface area contributed by atoms with Crippen LogP contribution in [-0.2, 0) is 4.74 Å². The molecule has 0 N–H and O–H groups in total. The summed E-state index contributed by atoms with van der Waals surface area (Å²) in [5.41, 5.74) is 0. The molecule has 0 spiro atoms. The molecule has 1 aliphatic rings. The van der Waals surface area contributed by atoms with Crippen molar-refractivity contribution in [2.75, 3.05) is 0 Å². The zero-order chi connectivity index (χ0) is 5.28. The maximum atomic E-state index is 5.22. The maximum absolute atomic E-state index is 5.22. The molecule has 0 saturated heterocycles. The molecule has 0 radical (unpaired) electrons. The van der Waals surface area contributed by atoms with Crippen molar-refractivity contribution >= 4 is 0 Å². The van der Waals surface area contributed by atoms with Gasteiger partial charge in [-0.25, -0.2) is 0 Å². The van der Waals surface area contributed by atoms with Gasteiger partial charge in [-0.05, 0) is 19.9 Å². The zero-order valence-electron chi connectivity index (χ0n) is 4.77. The molecule has 0 fully saturated rings. The molecular weight excluding hydrogens is 88.1 g/mol. The van der Waals surface area contributed by atoms with E-state index in [0.29, 0.717) is 6.10 Å². The first kappa shape index (κ1) is 4.69. The summed E-state index contributed by atoms with van der Waals surface area (Å²) in [5.74, 6) is 1.16. The average molecular weight is 98.1 g/mol. The third-order valence-corrected chi connectivity index (χ3v) is 0.758. The lowest BCUT2D eigenvalue weighted by Crippen LogP contribution is -1.95. The highest BCUT2D eigenvalue weighted by molar-refractivity contribution is 5.14. The molecule has 0 aromatic rings. The summed E-state index contributed by atoms with van der Waals surface area (Å²) in [4.78, 5) is 0. The van der Waals surface area contributed by atoms with Crippen molar-refractivity contribution in [1.82, 2.24) is 0 Å². The van der Waals surface area contributed by atoms with E-state index >= 15 is 0 Å². The predicted octanol–water partition coefficient (Wildman–Crippen LogP) is 1.70. The van der Waals surface area contributed by atoms with Crippen LogP contribution in [0.15, 0.2) is 11.8 Å². The highest BCUT2D eigenvalue weighted by Crippen LogP contribution is 2.20. The van der Waals surface area contributed by atoms with Crippen molar-refractivity contribution in [2.24, 2.45) is 0 Å². The van der Waals surface area contributed by atoms with E-state index in [1.165, 1.54) is 0 Å². The molecule has 7 heavy (non-hydrogen) atoms. The Bertz CT molecular complexity index is 92.4. The van der Waals surface area contributed by atoms with Gasteiger partial charge in [0.25, 0.3) is 0 Å². The van der Waals surface area contributed by atoms with Crippen LogP contribution in [0.2, 0.25) is 0 Å². The summed E-state index contributed by atoms with van der Waals surface area (Å²) in [6.07, 6.45) is 3.53. The van der Waals surface area contributed by atoms with Gasteiger partial charge >= 0.3 is 0 Å². The second kappa shape index (κ2) is 1.57. The average Bonchev–Trinajstić information content (AvgIpc) is 2.17. The normalized spacial score (nSPS) is 16.7. The van der Waals surface area contributed by atoms with Crippen molar-refractivity contribution in [1.29, 1.82) is 0 Å². The van der Waals surface area contributed by atoms with Crippen molar-refractivity contribution in [3.05, 3.63) is 11.8 Å². The summed E-state index contributed by atoms with van der Waals surface area (Å²) in [6, 6.07) is 0. The van der Waals surface area contributed by atoms with Crippen LogP contribution in [0, 0.1) is 0 Å². The van der Waals surface area contributed by atoms with Gasteiger partial charge in [0.1, 0.15) is 0 Å². The number of hydrogen-bond acceptors (Lipinski definition) is 1. The van der Waals surface area contributed by atoms with E-state index in [1.54, 1.807) is 0 Å². The minimum absolute atomic E-state index is 0.369.